The highest BCUT2D eigenvalue weighted by molar-refractivity contribution is 6.00. The van der Waals surface area contributed by atoms with Crippen molar-refractivity contribution < 1.29 is 13.9 Å². The molecule has 0 bridgehead atoms. The van der Waals surface area contributed by atoms with Gasteiger partial charge in [-0.25, -0.2) is 14.5 Å². The van der Waals surface area contributed by atoms with Crippen LogP contribution in [0.1, 0.15) is 30.1 Å². The molecule has 4 aromatic rings. The lowest BCUT2D eigenvalue weighted by Crippen LogP contribution is -2.59. The first-order valence-electron chi connectivity index (χ1n) is 10.7. The van der Waals surface area contributed by atoms with Crippen molar-refractivity contribution >= 4 is 28.9 Å². The molecule has 1 aliphatic carbocycles. The molecule has 0 spiro atoms. The number of oxazole rings is 1. The summed E-state index contributed by atoms with van der Waals surface area (Å²) in [5.74, 6) is 0.653. The van der Waals surface area contributed by atoms with Gasteiger partial charge < -0.3 is 25.1 Å². The molecule has 2 atom stereocenters. The van der Waals surface area contributed by atoms with Gasteiger partial charge in [0.1, 0.15) is 29.1 Å². The molecule has 4 aromatic heterocycles. The van der Waals surface area contributed by atoms with Gasteiger partial charge in [-0.2, -0.15) is 9.61 Å². The van der Waals surface area contributed by atoms with Crippen LogP contribution in [0, 0.1) is 0 Å². The number of hydrogen-bond acceptors (Lipinski definition) is 9. The van der Waals surface area contributed by atoms with Crippen molar-refractivity contribution in [2.75, 3.05) is 24.8 Å². The summed E-state index contributed by atoms with van der Waals surface area (Å²) in [6.45, 7) is 1.97. The van der Waals surface area contributed by atoms with Gasteiger partial charge in [0.25, 0.3) is 11.5 Å². The summed E-state index contributed by atoms with van der Waals surface area (Å²) in [7, 11) is 3.38. The van der Waals surface area contributed by atoms with E-state index in [2.05, 4.69) is 31.0 Å². The van der Waals surface area contributed by atoms with Crippen LogP contribution >= 0.6 is 0 Å². The van der Waals surface area contributed by atoms with E-state index in [1.54, 1.807) is 38.6 Å². The lowest BCUT2D eigenvalue weighted by molar-refractivity contribution is -0.0828. The average Bonchev–Trinajstić information content (AvgIpc) is 3.52. The van der Waals surface area contributed by atoms with Crippen molar-refractivity contribution in [1.82, 2.24) is 29.5 Å². The van der Waals surface area contributed by atoms with Crippen LogP contribution in [0.15, 0.2) is 52.3 Å². The first-order valence-corrected chi connectivity index (χ1v) is 10.7. The monoisotopic (exact) mass is 464 g/mol. The molecule has 0 radical (unpaired) electrons. The first kappa shape index (κ1) is 21.6. The van der Waals surface area contributed by atoms with E-state index in [9.17, 15) is 9.59 Å². The summed E-state index contributed by atoms with van der Waals surface area (Å²) in [4.78, 5) is 34.6. The second-order valence-electron chi connectivity index (χ2n) is 8.19. The van der Waals surface area contributed by atoms with E-state index in [0.29, 0.717) is 22.8 Å². The van der Waals surface area contributed by atoms with Crippen molar-refractivity contribution in [1.29, 1.82) is 0 Å². The van der Waals surface area contributed by atoms with Crippen molar-refractivity contribution in [3.8, 4) is 6.01 Å². The topological polar surface area (TPSA) is 141 Å². The van der Waals surface area contributed by atoms with Gasteiger partial charge in [-0.05, 0) is 31.9 Å². The zero-order valence-corrected chi connectivity index (χ0v) is 18.9. The lowest BCUT2D eigenvalue weighted by atomic mass is 9.76. The Morgan fingerprint density at radius 1 is 1.38 bits per heavy atom. The minimum absolute atomic E-state index is 0.0944. The summed E-state index contributed by atoms with van der Waals surface area (Å²) < 4.78 is 13.6. The van der Waals surface area contributed by atoms with Crippen LogP contribution in [0.4, 0.5) is 17.3 Å². The zero-order valence-electron chi connectivity index (χ0n) is 18.9. The first-order chi connectivity index (χ1) is 16.4. The molecule has 176 valence electrons. The van der Waals surface area contributed by atoms with Gasteiger partial charge in [0.2, 0.25) is 0 Å². The molecule has 3 N–H and O–H groups in total. The molecule has 0 aromatic carbocycles. The number of carbonyl (C=O) groups excluding carboxylic acids is 1. The van der Waals surface area contributed by atoms with Crippen molar-refractivity contribution in [2.45, 2.75) is 31.4 Å². The maximum absolute atomic E-state index is 13.1. The Labute approximate surface area is 194 Å². The number of amides is 1. The Bertz CT molecular complexity index is 1410. The standard InChI is InChI=1S/C22H24N8O4/c1-22(33-3)7-6-15(22)27-19(31)13-12-25-30-17(23-2)11-16(28-18(13)30)26-14-5-4-9-29(20(14)32)21-24-8-10-34-21/h4-5,8-12,15,23H,6-7H2,1-3H3,(H,26,28)(H,27,31)/t15-,22-/m0/s1. The molecule has 4 heterocycles. The molecule has 1 aliphatic rings. The molecule has 34 heavy (non-hydrogen) atoms. The van der Waals surface area contributed by atoms with E-state index < -0.39 is 0 Å². The fourth-order valence-electron chi connectivity index (χ4n) is 3.98. The molecule has 12 nitrogen and oxygen atoms in total. The fraction of sp³-hybridized carbons (Fsp3) is 0.318. The predicted molar refractivity (Wildman–Crippen MR) is 124 cm³/mol. The number of nitrogens with one attached hydrogen (secondary N) is 3. The minimum atomic E-state index is -0.384. The number of methoxy groups -OCH3 is 1. The van der Waals surface area contributed by atoms with E-state index in [4.69, 9.17) is 9.15 Å². The van der Waals surface area contributed by atoms with Gasteiger partial charge in [0.15, 0.2) is 5.65 Å². The summed E-state index contributed by atoms with van der Waals surface area (Å²) in [6, 6.07) is 5.06. The van der Waals surface area contributed by atoms with Gasteiger partial charge in [-0.1, -0.05) is 0 Å². The third kappa shape index (κ3) is 3.57. The van der Waals surface area contributed by atoms with E-state index in [1.807, 2.05) is 6.92 Å². The van der Waals surface area contributed by atoms with Gasteiger partial charge in [-0.3, -0.25) is 9.59 Å². The second kappa shape index (κ2) is 8.30. The number of pyridine rings is 1. The van der Waals surface area contributed by atoms with E-state index >= 15 is 0 Å². The predicted octanol–water partition coefficient (Wildman–Crippen LogP) is 1.95. The molecular formula is C22H24N8O4. The number of anilines is 3. The van der Waals surface area contributed by atoms with Crippen LogP contribution in [0.3, 0.4) is 0 Å². The molecule has 5 rings (SSSR count). The quantitative estimate of drug-likeness (QED) is 0.374. The number of nitrogens with zero attached hydrogens (tertiary/aromatic N) is 5. The average molecular weight is 464 g/mol. The molecule has 0 unspecified atom stereocenters. The summed E-state index contributed by atoms with van der Waals surface area (Å²) >= 11 is 0. The lowest BCUT2D eigenvalue weighted by Gasteiger charge is -2.45. The Hall–Kier alpha value is -4.19. The number of fused-ring (bicyclic) bond motifs is 1. The van der Waals surface area contributed by atoms with E-state index in [1.165, 1.54) is 27.7 Å². The van der Waals surface area contributed by atoms with Crippen molar-refractivity contribution in [3.63, 3.8) is 0 Å². The Kier molecular flexibility index (Phi) is 5.28. The van der Waals surface area contributed by atoms with Gasteiger partial charge in [0.05, 0.1) is 24.0 Å². The summed E-state index contributed by atoms with van der Waals surface area (Å²) in [5, 5.41) is 13.4. The fourth-order valence-corrected chi connectivity index (χ4v) is 3.98. The largest absolute Gasteiger partial charge is 0.432 e. The van der Waals surface area contributed by atoms with Crippen LogP contribution < -0.4 is 21.5 Å². The highest BCUT2D eigenvalue weighted by Gasteiger charge is 2.44. The Balaban J connectivity index is 1.48. The number of hydrogen-bond donors (Lipinski definition) is 3. The molecule has 12 heteroatoms. The Morgan fingerprint density at radius 2 is 2.24 bits per heavy atom. The van der Waals surface area contributed by atoms with Crippen LogP contribution in [0.2, 0.25) is 0 Å². The van der Waals surface area contributed by atoms with Crippen LogP contribution in [0.5, 0.6) is 0 Å². The molecule has 0 aliphatic heterocycles. The smallest absolute Gasteiger partial charge is 0.308 e. The third-order valence-electron chi connectivity index (χ3n) is 6.25. The third-order valence-corrected chi connectivity index (χ3v) is 6.25. The number of carbonyl (C=O) groups is 1. The van der Waals surface area contributed by atoms with Gasteiger partial charge >= 0.3 is 6.01 Å². The highest BCUT2D eigenvalue weighted by Crippen LogP contribution is 2.35. The van der Waals surface area contributed by atoms with Gasteiger partial charge in [-0.15, -0.1) is 0 Å². The van der Waals surface area contributed by atoms with Crippen molar-refractivity contribution in [3.05, 3.63) is 59.0 Å². The normalized spacial score (nSPS) is 19.6. The Morgan fingerprint density at radius 3 is 2.91 bits per heavy atom. The SMILES string of the molecule is CNc1cc(Nc2cccn(-c3ncco3)c2=O)nc2c(C(=O)N[C@H]3CC[C@]3(C)OC)cnn12. The van der Waals surface area contributed by atoms with Crippen LogP contribution in [-0.2, 0) is 4.74 Å². The molecular weight excluding hydrogens is 440 g/mol. The molecule has 0 saturated heterocycles. The number of aromatic nitrogens is 5. The van der Waals surface area contributed by atoms with Gasteiger partial charge in [0, 0.05) is 26.4 Å². The highest BCUT2D eigenvalue weighted by atomic mass is 16.5. The van der Waals surface area contributed by atoms with Crippen LogP contribution in [-0.4, -0.2) is 55.9 Å². The van der Waals surface area contributed by atoms with Crippen LogP contribution in [0.25, 0.3) is 11.7 Å². The zero-order chi connectivity index (χ0) is 23.9. The number of ether oxygens (including phenoxy) is 1. The van der Waals surface area contributed by atoms with Crippen molar-refractivity contribution in [2.24, 2.45) is 0 Å². The van der Waals surface area contributed by atoms with E-state index in [-0.39, 0.29) is 34.8 Å². The molecule has 1 amide bonds. The molecule has 1 saturated carbocycles. The summed E-state index contributed by atoms with van der Waals surface area (Å²) in [5.41, 5.74) is 0.165. The maximum atomic E-state index is 13.1. The number of rotatable bonds is 7. The maximum Gasteiger partial charge on any atom is 0.308 e. The second-order valence-corrected chi connectivity index (χ2v) is 8.19. The minimum Gasteiger partial charge on any atom is -0.432 e. The van der Waals surface area contributed by atoms with E-state index in [0.717, 1.165) is 12.8 Å². The molecule has 1 fully saturated rings. The summed E-state index contributed by atoms with van der Waals surface area (Å²) in [6.07, 6.45) is 7.60.